The number of nitrogens with zero attached hydrogens (tertiary/aromatic N) is 3. The molecule has 4 heteroatoms. The molecule has 9 aromatic rings. The van der Waals surface area contributed by atoms with Gasteiger partial charge in [-0.3, -0.25) is 9.55 Å². The van der Waals surface area contributed by atoms with Gasteiger partial charge in [-0.2, -0.15) is 0 Å². The lowest BCUT2D eigenvalue weighted by Gasteiger charge is -2.21. The van der Waals surface area contributed by atoms with Gasteiger partial charge >= 0.3 is 0 Å². The first kappa shape index (κ1) is 33.8. The molecule has 0 aliphatic rings. The molecule has 0 bridgehead atoms. The Kier molecular flexibility index (Phi) is 8.96. The fourth-order valence-electron chi connectivity index (χ4n) is 8.60. The smallest absolute Gasteiger partial charge is 0.149 e. The molecule has 0 amide bonds. The molecule has 0 fully saturated rings. The second-order valence-corrected chi connectivity index (χ2v) is 16.3. The predicted molar refractivity (Wildman–Crippen MR) is 256 cm³/mol. The Morgan fingerprint density at radius 2 is 1.21 bits per heavy atom. The number of benzene rings is 7. The maximum absolute atomic E-state index is 11.8. The van der Waals surface area contributed by atoms with Crippen LogP contribution >= 0.6 is 0 Å². The van der Waals surface area contributed by atoms with Gasteiger partial charge in [0, 0.05) is 24.2 Å². The van der Waals surface area contributed by atoms with Gasteiger partial charge < -0.3 is 5.11 Å². The highest BCUT2D eigenvalue weighted by molar-refractivity contribution is 5.98. The minimum Gasteiger partial charge on any atom is -0.507 e. The Bertz CT molecular complexity index is 3260. The molecular formula is C57H51N3O. The molecule has 0 saturated carbocycles. The van der Waals surface area contributed by atoms with Gasteiger partial charge in [-0.05, 0) is 154 Å². The topological polar surface area (TPSA) is 50.9 Å². The maximum atomic E-state index is 11.8. The van der Waals surface area contributed by atoms with Crippen molar-refractivity contribution in [3.63, 3.8) is 0 Å². The molecule has 4 nitrogen and oxygen atoms in total. The summed E-state index contributed by atoms with van der Waals surface area (Å²) in [4.78, 5) is 10.3. The van der Waals surface area contributed by atoms with Gasteiger partial charge in [-0.25, -0.2) is 4.98 Å². The van der Waals surface area contributed by atoms with E-state index in [4.69, 9.17) is 16.8 Å². The molecule has 2 heterocycles. The number of hydrogen-bond donors (Lipinski definition) is 1. The molecule has 0 unspecified atom stereocenters. The number of phenols is 1. The lowest BCUT2D eigenvalue weighted by molar-refractivity contribution is 0.472. The van der Waals surface area contributed by atoms with Gasteiger partial charge in [-0.1, -0.05) is 131 Å². The van der Waals surface area contributed by atoms with E-state index in [-0.39, 0.29) is 11.3 Å². The molecule has 0 aliphatic heterocycles. The fraction of sp³-hybridized carbons (Fsp3) is 0.158. The van der Waals surface area contributed by atoms with Crippen LogP contribution in [0, 0.1) is 20.7 Å². The van der Waals surface area contributed by atoms with Crippen LogP contribution in [0.3, 0.4) is 0 Å². The van der Waals surface area contributed by atoms with Crippen molar-refractivity contribution in [3.05, 3.63) is 192 Å². The maximum Gasteiger partial charge on any atom is 0.149 e. The number of para-hydroxylation sites is 1. The van der Waals surface area contributed by atoms with Crippen molar-refractivity contribution >= 4 is 11.0 Å². The predicted octanol–water partition coefficient (Wildman–Crippen LogP) is 15.3. The van der Waals surface area contributed by atoms with Crippen LogP contribution in [-0.2, 0) is 0 Å². The van der Waals surface area contributed by atoms with Crippen molar-refractivity contribution < 1.29 is 12.0 Å². The van der Waals surface area contributed by atoms with E-state index >= 15 is 0 Å². The lowest BCUT2D eigenvalue weighted by atomic mass is 9.84. The normalized spacial score (nSPS) is 13.3. The summed E-state index contributed by atoms with van der Waals surface area (Å²) >= 11 is 0. The first-order valence-electron chi connectivity index (χ1n) is 23.2. The van der Waals surface area contributed by atoms with Gasteiger partial charge in [-0.15, -0.1) is 0 Å². The number of phenolic OH excluding ortho intramolecular Hbond substituents is 1. The number of aromatic nitrogens is 3. The van der Waals surface area contributed by atoms with Gasteiger partial charge in [0.05, 0.1) is 28.0 Å². The summed E-state index contributed by atoms with van der Waals surface area (Å²) in [7, 11) is 0. The van der Waals surface area contributed by atoms with Crippen molar-refractivity contribution in [2.24, 2.45) is 0 Å². The van der Waals surface area contributed by atoms with Crippen LogP contribution in [0.25, 0.3) is 83.9 Å². The number of pyridine rings is 1. The average molecular weight is 799 g/mol. The summed E-state index contributed by atoms with van der Waals surface area (Å²) in [5, 5.41) is 11.8. The number of hydrogen-bond acceptors (Lipinski definition) is 3. The van der Waals surface area contributed by atoms with E-state index in [9.17, 15) is 5.11 Å². The number of aryl methyl sites for hydroxylation is 3. The van der Waals surface area contributed by atoms with Gasteiger partial charge in [0.1, 0.15) is 11.6 Å². The second kappa shape index (κ2) is 16.2. The molecule has 1 N–H and O–H groups in total. The third kappa shape index (κ3) is 7.44. The van der Waals surface area contributed by atoms with Gasteiger partial charge in [0.2, 0.25) is 0 Å². The molecule has 2 aromatic heterocycles. The molecule has 61 heavy (non-hydrogen) atoms. The van der Waals surface area contributed by atoms with Crippen molar-refractivity contribution in [2.45, 2.75) is 60.2 Å². The molecular weight excluding hydrogens is 743 g/mol. The third-order valence-corrected chi connectivity index (χ3v) is 11.6. The molecule has 7 aromatic carbocycles. The van der Waals surface area contributed by atoms with Crippen LogP contribution in [0.5, 0.6) is 5.75 Å². The SMILES string of the molecule is [2H]C([2H])([2H])c1cc(-c2c(C([2H])(C)C)cccc2C([2H])(C)C)ccc1-n1c(-c2cc(C)cc(C)c2O)nc2c(-c3cc(-c4ccccc4)cc(-c4cc(-c5ccccc5)ccn4)c3)cccc21. The van der Waals surface area contributed by atoms with E-state index in [0.717, 1.165) is 50.2 Å². The summed E-state index contributed by atoms with van der Waals surface area (Å²) in [6.07, 6.45) is 1.84. The van der Waals surface area contributed by atoms with Crippen LogP contribution in [0.2, 0.25) is 0 Å². The molecule has 9 rings (SSSR count). The summed E-state index contributed by atoms with van der Waals surface area (Å²) < 4.78 is 47.2. The van der Waals surface area contributed by atoms with E-state index in [1.165, 1.54) is 0 Å². The monoisotopic (exact) mass is 798 g/mol. The molecule has 0 spiro atoms. The highest BCUT2D eigenvalue weighted by Gasteiger charge is 2.24. The van der Waals surface area contributed by atoms with Crippen LogP contribution in [0.15, 0.2) is 164 Å². The van der Waals surface area contributed by atoms with E-state index in [1.54, 1.807) is 33.8 Å². The molecule has 0 radical (unpaired) electrons. The van der Waals surface area contributed by atoms with Crippen molar-refractivity contribution in [2.75, 3.05) is 0 Å². The van der Waals surface area contributed by atoms with Crippen LogP contribution < -0.4 is 0 Å². The second-order valence-electron chi connectivity index (χ2n) is 16.3. The number of aromatic hydroxyl groups is 1. The molecule has 0 saturated heterocycles. The largest absolute Gasteiger partial charge is 0.507 e. The van der Waals surface area contributed by atoms with Crippen LogP contribution in [0.1, 0.15) is 74.2 Å². The highest BCUT2D eigenvalue weighted by atomic mass is 16.3. The van der Waals surface area contributed by atoms with Crippen molar-refractivity contribution in [3.8, 4) is 78.6 Å². The van der Waals surface area contributed by atoms with Gasteiger partial charge in [0.15, 0.2) is 0 Å². The Morgan fingerprint density at radius 3 is 1.90 bits per heavy atom. The Hall–Kier alpha value is -7.04. The fourth-order valence-corrected chi connectivity index (χ4v) is 8.60. The molecule has 0 aliphatic carbocycles. The standard InChI is InChI=1S/C57H51N3O/c1-35(2)47-20-14-21-48(36(3)4)54(47)43-24-25-52(38(6)30-43)60-53-23-15-22-49(55(53)59-57(60)50-29-37(5)28-39(7)56(50)61)45-31-44(41-18-12-9-13-19-41)32-46(33-45)51-34-42(26-27-58-51)40-16-10-8-11-17-40/h8-36,61H,1-7H3/i6D3,35D,36D. The zero-order valence-electron chi connectivity index (χ0n) is 40.4. The number of rotatable bonds is 9. The Morgan fingerprint density at radius 1 is 0.557 bits per heavy atom. The summed E-state index contributed by atoms with van der Waals surface area (Å²) in [5.74, 6) is -1.65. The Labute approximate surface area is 366 Å². The van der Waals surface area contributed by atoms with E-state index < -0.39 is 18.6 Å². The summed E-state index contributed by atoms with van der Waals surface area (Å²) in [6, 6.07) is 51.8. The van der Waals surface area contributed by atoms with Crippen molar-refractivity contribution in [1.82, 2.24) is 14.5 Å². The lowest BCUT2D eigenvalue weighted by Crippen LogP contribution is -2.03. The molecule has 300 valence electrons. The Balaban J connectivity index is 1.33. The van der Waals surface area contributed by atoms with Gasteiger partial charge in [0.25, 0.3) is 0 Å². The average Bonchev–Trinajstić information content (AvgIpc) is 3.69. The first-order chi connectivity index (χ1) is 31.4. The highest BCUT2D eigenvalue weighted by Crippen LogP contribution is 2.43. The zero-order chi connectivity index (χ0) is 46.7. The van der Waals surface area contributed by atoms with E-state index in [2.05, 4.69) is 48.5 Å². The molecule has 0 atom stereocenters. The van der Waals surface area contributed by atoms with E-state index in [0.29, 0.717) is 55.9 Å². The quantitative estimate of drug-likeness (QED) is 0.158. The minimum atomic E-state index is -2.61. The van der Waals surface area contributed by atoms with Crippen LogP contribution in [-0.4, -0.2) is 19.6 Å². The third-order valence-electron chi connectivity index (χ3n) is 11.6. The van der Waals surface area contributed by atoms with E-state index in [1.807, 2.05) is 128 Å². The summed E-state index contributed by atoms with van der Waals surface area (Å²) in [6.45, 7) is 8.43. The van der Waals surface area contributed by atoms with Crippen molar-refractivity contribution in [1.29, 1.82) is 0 Å². The minimum absolute atomic E-state index is 0.0532. The number of imidazole rings is 1. The van der Waals surface area contributed by atoms with Crippen LogP contribution in [0.4, 0.5) is 0 Å². The zero-order valence-corrected chi connectivity index (χ0v) is 35.4. The first-order valence-corrected chi connectivity index (χ1v) is 20.7. The number of fused-ring (bicyclic) bond motifs is 1. The summed E-state index contributed by atoms with van der Waals surface area (Å²) in [5.41, 5.74) is 14.0.